The third kappa shape index (κ3) is 4.26. The van der Waals surface area contributed by atoms with Gasteiger partial charge in [0.15, 0.2) is 5.96 Å². The van der Waals surface area contributed by atoms with E-state index in [1.54, 1.807) is 24.5 Å². The summed E-state index contributed by atoms with van der Waals surface area (Å²) in [6, 6.07) is 6.61. The molecule has 0 aliphatic carbocycles. The van der Waals surface area contributed by atoms with E-state index in [2.05, 4.69) is 15.3 Å². The van der Waals surface area contributed by atoms with Gasteiger partial charge in [-0.25, -0.2) is 9.37 Å². The van der Waals surface area contributed by atoms with Crippen LogP contribution in [0.25, 0.3) is 0 Å². The number of hydrogen-bond donors (Lipinski definition) is 1. The first kappa shape index (κ1) is 15.4. The van der Waals surface area contributed by atoms with E-state index in [0.717, 1.165) is 17.2 Å². The molecule has 0 atom stereocenters. The van der Waals surface area contributed by atoms with Gasteiger partial charge in [0.25, 0.3) is 0 Å². The van der Waals surface area contributed by atoms with E-state index in [1.165, 1.54) is 17.0 Å². The number of guanidine groups is 1. The van der Waals surface area contributed by atoms with Gasteiger partial charge in [0, 0.05) is 25.5 Å². The molecule has 21 heavy (non-hydrogen) atoms. The van der Waals surface area contributed by atoms with Crippen molar-refractivity contribution in [2.24, 2.45) is 4.99 Å². The lowest BCUT2D eigenvalue weighted by molar-refractivity contribution is 0.475. The molecule has 1 aromatic heterocycles. The highest BCUT2D eigenvalue weighted by Crippen LogP contribution is 2.12. The van der Waals surface area contributed by atoms with Crippen molar-refractivity contribution in [1.29, 1.82) is 0 Å². The molecule has 0 aliphatic heterocycles. The third-order valence-electron chi connectivity index (χ3n) is 3.13. The van der Waals surface area contributed by atoms with Crippen molar-refractivity contribution < 1.29 is 4.39 Å². The van der Waals surface area contributed by atoms with Crippen LogP contribution in [0.2, 0.25) is 0 Å². The Morgan fingerprint density at radius 1 is 1.48 bits per heavy atom. The van der Waals surface area contributed by atoms with Gasteiger partial charge < -0.3 is 10.2 Å². The maximum Gasteiger partial charge on any atom is 0.193 e. The van der Waals surface area contributed by atoms with Gasteiger partial charge in [-0.1, -0.05) is 12.1 Å². The molecular formula is C15H19FN4S. The molecule has 1 heterocycles. The number of nitrogens with one attached hydrogen (secondary N) is 1. The molecule has 0 amide bonds. The molecule has 0 aliphatic rings. The normalized spacial score (nSPS) is 11.5. The van der Waals surface area contributed by atoms with Crippen LogP contribution in [-0.4, -0.2) is 29.9 Å². The molecule has 2 aromatic rings. The van der Waals surface area contributed by atoms with E-state index >= 15 is 0 Å². The number of halogens is 1. The maximum atomic E-state index is 13.2. The van der Waals surface area contributed by atoms with E-state index in [-0.39, 0.29) is 5.82 Å². The molecular weight excluding hydrogens is 287 g/mol. The number of nitrogens with zero attached hydrogens (tertiary/aromatic N) is 3. The molecule has 0 radical (unpaired) electrons. The number of aryl methyl sites for hydroxylation is 1. The predicted molar refractivity (Wildman–Crippen MR) is 84.9 cm³/mol. The molecule has 1 aromatic carbocycles. The van der Waals surface area contributed by atoms with Gasteiger partial charge in [0.05, 0.1) is 17.7 Å². The highest BCUT2D eigenvalue weighted by Gasteiger charge is 2.08. The zero-order chi connectivity index (χ0) is 15.2. The molecule has 0 saturated heterocycles. The van der Waals surface area contributed by atoms with E-state index in [0.29, 0.717) is 13.1 Å². The Morgan fingerprint density at radius 3 is 2.90 bits per heavy atom. The molecule has 0 spiro atoms. The first-order valence-corrected chi connectivity index (χ1v) is 7.53. The van der Waals surface area contributed by atoms with Crippen LogP contribution in [0.5, 0.6) is 0 Å². The predicted octanol–water partition coefficient (Wildman–Crippen LogP) is 2.80. The summed E-state index contributed by atoms with van der Waals surface area (Å²) in [6.07, 6.45) is 0. The monoisotopic (exact) mass is 306 g/mol. The lowest BCUT2D eigenvalue weighted by Crippen LogP contribution is -2.38. The van der Waals surface area contributed by atoms with Crippen molar-refractivity contribution in [1.82, 2.24) is 15.2 Å². The average Bonchev–Trinajstić information content (AvgIpc) is 2.85. The lowest BCUT2D eigenvalue weighted by atomic mass is 10.2. The fraction of sp³-hybridized carbons (Fsp3) is 0.333. The minimum Gasteiger partial charge on any atom is -0.351 e. The zero-order valence-corrected chi connectivity index (χ0v) is 13.2. The lowest BCUT2D eigenvalue weighted by Gasteiger charge is -2.22. The number of thiazole rings is 1. The Bertz CT molecular complexity index is 624. The van der Waals surface area contributed by atoms with Crippen LogP contribution in [-0.2, 0) is 13.1 Å². The molecule has 0 fully saturated rings. The molecule has 0 unspecified atom stereocenters. The molecule has 1 N–H and O–H groups in total. The van der Waals surface area contributed by atoms with Crippen LogP contribution in [0.1, 0.15) is 16.1 Å². The molecule has 0 saturated carbocycles. The largest absolute Gasteiger partial charge is 0.351 e. The summed E-state index contributed by atoms with van der Waals surface area (Å²) >= 11 is 1.62. The molecule has 0 bridgehead atoms. The van der Waals surface area contributed by atoms with Crippen LogP contribution < -0.4 is 5.32 Å². The number of rotatable bonds is 4. The molecule has 6 heteroatoms. The highest BCUT2D eigenvalue weighted by atomic mass is 32.1. The second-order valence-corrected chi connectivity index (χ2v) is 5.69. The van der Waals surface area contributed by atoms with E-state index in [4.69, 9.17) is 0 Å². The van der Waals surface area contributed by atoms with Crippen LogP contribution in [0.3, 0.4) is 0 Å². The summed E-state index contributed by atoms with van der Waals surface area (Å²) in [5.74, 6) is 0.552. The molecule has 2 rings (SSSR count). The molecule has 4 nitrogen and oxygen atoms in total. The van der Waals surface area contributed by atoms with Crippen molar-refractivity contribution in [3.8, 4) is 0 Å². The van der Waals surface area contributed by atoms with Crippen LogP contribution in [0, 0.1) is 12.7 Å². The number of hydrogen-bond acceptors (Lipinski definition) is 3. The minimum atomic E-state index is -0.218. The van der Waals surface area contributed by atoms with Gasteiger partial charge in [-0.2, -0.15) is 0 Å². The Hall–Kier alpha value is -1.95. The Kier molecular flexibility index (Phi) is 5.27. The quantitative estimate of drug-likeness (QED) is 0.697. The van der Waals surface area contributed by atoms with Gasteiger partial charge in [-0.05, 0) is 24.6 Å². The standard InChI is InChI=1S/C15H19FN4S/c1-11-14(21-10-19-11)8-18-15(17-2)20(3)9-12-5-4-6-13(16)7-12/h4-7,10H,8-9H2,1-3H3,(H,17,18). The summed E-state index contributed by atoms with van der Waals surface area (Å²) in [5, 5.41) is 3.30. The SMILES string of the molecule is CN=C(NCc1scnc1C)N(C)Cc1cccc(F)c1. The van der Waals surface area contributed by atoms with Gasteiger partial charge in [-0.15, -0.1) is 11.3 Å². The minimum absolute atomic E-state index is 0.218. The third-order valence-corrected chi connectivity index (χ3v) is 4.07. The van der Waals surface area contributed by atoms with Gasteiger partial charge >= 0.3 is 0 Å². The summed E-state index contributed by atoms with van der Waals surface area (Å²) < 4.78 is 13.2. The van der Waals surface area contributed by atoms with Crippen molar-refractivity contribution in [2.45, 2.75) is 20.0 Å². The number of aromatic nitrogens is 1. The zero-order valence-electron chi connectivity index (χ0n) is 12.4. The van der Waals surface area contributed by atoms with Crippen molar-refractivity contribution >= 4 is 17.3 Å². The topological polar surface area (TPSA) is 40.5 Å². The first-order valence-electron chi connectivity index (χ1n) is 6.65. The highest BCUT2D eigenvalue weighted by molar-refractivity contribution is 7.09. The number of aliphatic imine (C=N–C) groups is 1. The Labute approximate surface area is 128 Å². The summed E-state index contributed by atoms with van der Waals surface area (Å²) in [5.41, 5.74) is 3.79. The van der Waals surface area contributed by atoms with Crippen LogP contribution >= 0.6 is 11.3 Å². The fourth-order valence-electron chi connectivity index (χ4n) is 2.02. The first-order chi connectivity index (χ1) is 10.1. The Morgan fingerprint density at radius 2 is 2.29 bits per heavy atom. The van der Waals surface area contributed by atoms with Gasteiger partial charge in [0.2, 0.25) is 0 Å². The smallest absolute Gasteiger partial charge is 0.193 e. The summed E-state index contributed by atoms with van der Waals surface area (Å²) in [4.78, 5) is 11.6. The van der Waals surface area contributed by atoms with Gasteiger partial charge in [-0.3, -0.25) is 4.99 Å². The number of benzene rings is 1. The van der Waals surface area contributed by atoms with Gasteiger partial charge in [0.1, 0.15) is 5.82 Å². The van der Waals surface area contributed by atoms with E-state index < -0.39 is 0 Å². The Balaban J connectivity index is 1.96. The summed E-state index contributed by atoms with van der Waals surface area (Å²) in [7, 11) is 3.67. The maximum absolute atomic E-state index is 13.2. The fourth-order valence-corrected chi connectivity index (χ4v) is 2.74. The molecule has 112 valence electrons. The van der Waals surface area contributed by atoms with E-state index in [9.17, 15) is 4.39 Å². The second kappa shape index (κ2) is 7.17. The van der Waals surface area contributed by atoms with Crippen molar-refractivity contribution in [2.75, 3.05) is 14.1 Å². The van der Waals surface area contributed by atoms with Crippen LogP contribution in [0.15, 0.2) is 34.8 Å². The van der Waals surface area contributed by atoms with Crippen LogP contribution in [0.4, 0.5) is 4.39 Å². The average molecular weight is 306 g/mol. The van der Waals surface area contributed by atoms with Crippen molar-refractivity contribution in [3.05, 3.63) is 51.7 Å². The van der Waals surface area contributed by atoms with E-state index in [1.807, 2.05) is 30.4 Å². The summed E-state index contributed by atoms with van der Waals surface area (Å²) in [6.45, 7) is 3.28. The van der Waals surface area contributed by atoms with Crippen molar-refractivity contribution in [3.63, 3.8) is 0 Å². The second-order valence-electron chi connectivity index (χ2n) is 4.75.